The SMILES string of the molecule is CC1(C)C(=O)NC(=O)CN1c1ccc(C(N)=O)cc1N. The molecule has 0 unspecified atom stereocenters. The van der Waals surface area contributed by atoms with Gasteiger partial charge >= 0.3 is 0 Å². The molecule has 1 aliphatic rings. The summed E-state index contributed by atoms with van der Waals surface area (Å²) in [4.78, 5) is 36.2. The number of hydrogen-bond acceptors (Lipinski definition) is 5. The van der Waals surface area contributed by atoms with Crippen molar-refractivity contribution in [2.75, 3.05) is 17.2 Å². The van der Waals surface area contributed by atoms with E-state index in [9.17, 15) is 14.4 Å². The van der Waals surface area contributed by atoms with Crippen LogP contribution in [0.25, 0.3) is 0 Å². The number of piperazine rings is 1. The monoisotopic (exact) mass is 276 g/mol. The summed E-state index contributed by atoms with van der Waals surface area (Å²) in [5.74, 6) is -1.38. The highest BCUT2D eigenvalue weighted by Crippen LogP contribution is 2.31. The molecule has 0 spiro atoms. The Kier molecular flexibility index (Phi) is 3.13. The van der Waals surface area contributed by atoms with Crippen LogP contribution < -0.4 is 21.7 Å². The van der Waals surface area contributed by atoms with Gasteiger partial charge in [0.2, 0.25) is 11.8 Å². The van der Waals surface area contributed by atoms with Gasteiger partial charge in [-0.2, -0.15) is 0 Å². The third-order valence-corrected chi connectivity index (χ3v) is 3.39. The molecular weight excluding hydrogens is 260 g/mol. The van der Waals surface area contributed by atoms with Gasteiger partial charge in [-0.1, -0.05) is 0 Å². The molecule has 1 aliphatic heterocycles. The molecule has 2 rings (SSSR count). The van der Waals surface area contributed by atoms with E-state index >= 15 is 0 Å². The number of nitrogens with one attached hydrogen (secondary N) is 1. The van der Waals surface area contributed by atoms with Crippen molar-refractivity contribution in [3.05, 3.63) is 23.8 Å². The average Bonchev–Trinajstić information content (AvgIpc) is 2.34. The molecule has 7 heteroatoms. The number of imide groups is 1. The van der Waals surface area contributed by atoms with Crippen LogP contribution in [0.15, 0.2) is 18.2 Å². The number of hydrogen-bond donors (Lipinski definition) is 3. The van der Waals surface area contributed by atoms with E-state index < -0.39 is 23.3 Å². The third-order valence-electron chi connectivity index (χ3n) is 3.39. The predicted molar refractivity (Wildman–Crippen MR) is 73.9 cm³/mol. The van der Waals surface area contributed by atoms with E-state index in [0.29, 0.717) is 5.69 Å². The Morgan fingerprint density at radius 2 is 2.00 bits per heavy atom. The van der Waals surface area contributed by atoms with Crippen molar-refractivity contribution in [3.63, 3.8) is 0 Å². The molecule has 20 heavy (non-hydrogen) atoms. The summed E-state index contributed by atoms with van der Waals surface area (Å²) in [5, 5.41) is 2.28. The number of carbonyl (C=O) groups is 3. The van der Waals surface area contributed by atoms with Crippen LogP contribution in [-0.4, -0.2) is 29.8 Å². The van der Waals surface area contributed by atoms with Gasteiger partial charge in [0.15, 0.2) is 0 Å². The molecule has 1 heterocycles. The Balaban J connectivity index is 2.46. The van der Waals surface area contributed by atoms with Crippen molar-refractivity contribution < 1.29 is 14.4 Å². The van der Waals surface area contributed by atoms with Crippen molar-refractivity contribution in [2.24, 2.45) is 5.73 Å². The first-order valence-electron chi connectivity index (χ1n) is 6.04. The molecular formula is C13H16N4O3. The third kappa shape index (κ3) is 2.18. The lowest BCUT2D eigenvalue weighted by Gasteiger charge is -2.42. The summed E-state index contributed by atoms with van der Waals surface area (Å²) < 4.78 is 0. The molecule has 1 saturated heterocycles. The van der Waals surface area contributed by atoms with Gasteiger partial charge in [0.25, 0.3) is 5.91 Å². The average molecular weight is 276 g/mol. The number of nitrogens with zero attached hydrogens (tertiary/aromatic N) is 1. The first kappa shape index (κ1) is 13.9. The molecule has 0 radical (unpaired) electrons. The second-order valence-electron chi connectivity index (χ2n) is 5.16. The maximum Gasteiger partial charge on any atom is 0.251 e. The summed E-state index contributed by atoms with van der Waals surface area (Å²) in [6.45, 7) is 3.39. The molecule has 7 nitrogen and oxygen atoms in total. The summed E-state index contributed by atoms with van der Waals surface area (Å²) in [6, 6.07) is 4.54. The van der Waals surface area contributed by atoms with E-state index in [2.05, 4.69) is 5.32 Å². The summed E-state index contributed by atoms with van der Waals surface area (Å²) in [7, 11) is 0. The van der Waals surface area contributed by atoms with E-state index in [1.807, 2.05) is 0 Å². The molecule has 1 aromatic rings. The fourth-order valence-corrected chi connectivity index (χ4v) is 2.12. The van der Waals surface area contributed by atoms with Crippen LogP contribution in [-0.2, 0) is 9.59 Å². The van der Waals surface area contributed by atoms with E-state index in [0.717, 1.165) is 0 Å². The second-order valence-corrected chi connectivity index (χ2v) is 5.16. The highest BCUT2D eigenvalue weighted by atomic mass is 16.2. The van der Waals surface area contributed by atoms with Crippen LogP contribution in [0.2, 0.25) is 0 Å². The second kappa shape index (κ2) is 4.52. The molecule has 1 fully saturated rings. The van der Waals surface area contributed by atoms with Crippen molar-refractivity contribution >= 4 is 29.1 Å². The minimum Gasteiger partial charge on any atom is -0.397 e. The number of benzene rings is 1. The van der Waals surface area contributed by atoms with Crippen molar-refractivity contribution in [3.8, 4) is 0 Å². The highest BCUT2D eigenvalue weighted by Gasteiger charge is 2.41. The maximum atomic E-state index is 11.9. The number of anilines is 2. The van der Waals surface area contributed by atoms with Gasteiger partial charge in [-0.25, -0.2) is 0 Å². The summed E-state index contributed by atoms with van der Waals surface area (Å²) >= 11 is 0. The zero-order chi connectivity index (χ0) is 15.1. The van der Waals surface area contributed by atoms with Gasteiger partial charge in [0, 0.05) is 5.56 Å². The zero-order valence-corrected chi connectivity index (χ0v) is 11.3. The fraction of sp³-hybridized carbons (Fsp3) is 0.308. The van der Waals surface area contributed by atoms with E-state index in [4.69, 9.17) is 11.5 Å². The first-order chi connectivity index (χ1) is 9.23. The van der Waals surface area contributed by atoms with Crippen LogP contribution in [0, 0.1) is 0 Å². The Morgan fingerprint density at radius 1 is 1.35 bits per heavy atom. The van der Waals surface area contributed by atoms with Crippen LogP contribution in [0.3, 0.4) is 0 Å². The van der Waals surface area contributed by atoms with Gasteiger partial charge < -0.3 is 16.4 Å². The van der Waals surface area contributed by atoms with Crippen LogP contribution >= 0.6 is 0 Å². The lowest BCUT2D eigenvalue weighted by atomic mass is 9.97. The van der Waals surface area contributed by atoms with Crippen LogP contribution in [0.4, 0.5) is 11.4 Å². The van der Waals surface area contributed by atoms with Gasteiger partial charge in [-0.3, -0.25) is 19.7 Å². The molecule has 0 bridgehead atoms. The van der Waals surface area contributed by atoms with Gasteiger partial charge in [-0.05, 0) is 32.0 Å². The van der Waals surface area contributed by atoms with Gasteiger partial charge in [0.1, 0.15) is 5.54 Å². The van der Waals surface area contributed by atoms with Gasteiger partial charge in [0.05, 0.1) is 17.9 Å². The van der Waals surface area contributed by atoms with E-state index in [-0.39, 0.29) is 17.8 Å². The largest absolute Gasteiger partial charge is 0.397 e. The molecule has 3 amide bonds. The Labute approximate surface area is 115 Å². The van der Waals surface area contributed by atoms with Crippen molar-refractivity contribution in [1.29, 1.82) is 0 Å². The minimum absolute atomic E-state index is 0.0128. The summed E-state index contributed by atoms with van der Waals surface area (Å²) in [6.07, 6.45) is 0. The smallest absolute Gasteiger partial charge is 0.251 e. The predicted octanol–water partition coefficient (Wildman–Crippen LogP) is -0.391. The van der Waals surface area contributed by atoms with Crippen molar-refractivity contribution in [2.45, 2.75) is 19.4 Å². The quantitative estimate of drug-likeness (QED) is 0.502. The van der Waals surface area contributed by atoms with E-state index in [1.165, 1.54) is 12.1 Å². The number of amides is 3. The number of nitrogens with two attached hydrogens (primary N) is 2. The van der Waals surface area contributed by atoms with Crippen LogP contribution in [0.5, 0.6) is 0 Å². The fourth-order valence-electron chi connectivity index (χ4n) is 2.12. The number of primary amides is 1. The van der Waals surface area contributed by atoms with E-state index in [1.54, 1.807) is 24.8 Å². The molecule has 1 aromatic carbocycles. The Morgan fingerprint density at radius 3 is 2.55 bits per heavy atom. The first-order valence-corrected chi connectivity index (χ1v) is 6.04. The lowest BCUT2D eigenvalue weighted by molar-refractivity contribution is -0.135. The standard InChI is InChI=1S/C13H16N4O3/c1-13(2)12(20)16-10(18)6-17(13)9-4-3-7(11(15)19)5-8(9)14/h3-5H,6,14H2,1-2H3,(H2,15,19)(H,16,18,20). The number of nitrogen functional groups attached to an aromatic ring is 1. The number of carbonyl (C=O) groups excluding carboxylic acids is 3. The maximum absolute atomic E-state index is 11.9. The Bertz CT molecular complexity index is 610. The van der Waals surface area contributed by atoms with Gasteiger partial charge in [-0.15, -0.1) is 0 Å². The molecule has 0 aliphatic carbocycles. The van der Waals surface area contributed by atoms with Crippen LogP contribution in [0.1, 0.15) is 24.2 Å². The molecule has 0 aromatic heterocycles. The highest BCUT2D eigenvalue weighted by molar-refractivity contribution is 6.07. The topological polar surface area (TPSA) is 119 Å². The number of rotatable bonds is 2. The van der Waals surface area contributed by atoms with Crippen molar-refractivity contribution in [1.82, 2.24) is 5.32 Å². The molecule has 0 atom stereocenters. The summed E-state index contributed by atoms with van der Waals surface area (Å²) in [5.41, 5.74) is 11.3. The zero-order valence-electron chi connectivity index (χ0n) is 11.3. The normalized spacial score (nSPS) is 17.8. The molecule has 5 N–H and O–H groups in total. The Hall–Kier alpha value is -2.57. The lowest BCUT2D eigenvalue weighted by Crippen LogP contribution is -2.64. The molecule has 106 valence electrons. The molecule has 0 saturated carbocycles. The minimum atomic E-state index is -0.920.